The molecule has 0 aliphatic heterocycles. The third-order valence-corrected chi connectivity index (χ3v) is 6.01. The van der Waals surface area contributed by atoms with E-state index in [4.69, 9.17) is 4.52 Å². The van der Waals surface area contributed by atoms with Gasteiger partial charge in [-0.1, -0.05) is 29.4 Å². The van der Waals surface area contributed by atoms with Crippen molar-refractivity contribution in [2.45, 2.75) is 25.2 Å². The van der Waals surface area contributed by atoms with Gasteiger partial charge in [0.15, 0.2) is 5.76 Å². The third-order valence-electron chi connectivity index (χ3n) is 6.01. The summed E-state index contributed by atoms with van der Waals surface area (Å²) in [5.41, 5.74) is 0.618. The molecule has 5 rings (SSSR count). The Bertz CT molecular complexity index is 1450. The van der Waals surface area contributed by atoms with E-state index in [1.54, 1.807) is 12.1 Å². The van der Waals surface area contributed by atoms with E-state index in [-0.39, 0.29) is 17.8 Å². The Kier molecular flexibility index (Phi) is 5.61. The summed E-state index contributed by atoms with van der Waals surface area (Å²) in [7, 11) is 0. The molecule has 36 heavy (non-hydrogen) atoms. The van der Waals surface area contributed by atoms with Crippen molar-refractivity contribution in [1.29, 1.82) is 0 Å². The fourth-order valence-electron chi connectivity index (χ4n) is 4.27. The van der Waals surface area contributed by atoms with Crippen LogP contribution in [0, 0.1) is 0 Å². The maximum Gasteiger partial charge on any atom is 0.417 e. The van der Waals surface area contributed by atoms with Gasteiger partial charge in [-0.3, -0.25) is 4.79 Å². The second kappa shape index (κ2) is 8.54. The SMILES string of the molecule is O=C(Nc1ccc(-c2onc3c2CCc2ccccc2-3)cc1)c1cc(C(F)(F)F)ccc1C(F)(F)F. The first-order valence-corrected chi connectivity index (χ1v) is 10.8. The van der Waals surface area contributed by atoms with Gasteiger partial charge in [-0.05, 0) is 60.9 Å². The lowest BCUT2D eigenvalue weighted by Crippen LogP contribution is -2.20. The molecule has 1 aromatic heterocycles. The number of carbonyl (C=O) groups is 1. The van der Waals surface area contributed by atoms with Crippen LogP contribution < -0.4 is 5.32 Å². The van der Waals surface area contributed by atoms with E-state index in [1.165, 1.54) is 12.1 Å². The minimum absolute atomic E-state index is 0.105. The number of alkyl halides is 6. The summed E-state index contributed by atoms with van der Waals surface area (Å²) in [6, 6.07) is 14.6. The first-order valence-electron chi connectivity index (χ1n) is 10.8. The summed E-state index contributed by atoms with van der Waals surface area (Å²) in [5, 5.41) is 6.45. The minimum atomic E-state index is -5.01. The molecule has 3 aromatic carbocycles. The smallest absolute Gasteiger partial charge is 0.355 e. The lowest BCUT2D eigenvalue weighted by atomic mass is 9.88. The highest BCUT2D eigenvalue weighted by Gasteiger charge is 2.38. The van der Waals surface area contributed by atoms with Crippen LogP contribution in [0.15, 0.2) is 71.3 Å². The fourth-order valence-corrected chi connectivity index (χ4v) is 4.27. The van der Waals surface area contributed by atoms with Gasteiger partial charge in [-0.15, -0.1) is 0 Å². The standard InChI is InChI=1S/C26H16F6N2O2/c27-25(28,29)16-8-12-21(26(30,31)32)20(13-16)24(35)33-17-9-5-15(6-10-17)23-19-11-7-14-3-1-2-4-18(14)22(19)34-36-23/h1-6,8-10,12-13H,7,11H2,(H,33,35). The number of rotatable bonds is 3. The van der Waals surface area contributed by atoms with Crippen molar-refractivity contribution in [3.8, 4) is 22.6 Å². The molecule has 1 N–H and O–H groups in total. The van der Waals surface area contributed by atoms with Gasteiger partial charge in [0.1, 0.15) is 5.69 Å². The highest BCUT2D eigenvalue weighted by molar-refractivity contribution is 6.05. The van der Waals surface area contributed by atoms with Crippen LogP contribution in [0.5, 0.6) is 0 Å². The Morgan fingerprint density at radius 2 is 1.58 bits per heavy atom. The van der Waals surface area contributed by atoms with Crippen LogP contribution in [0.2, 0.25) is 0 Å². The van der Waals surface area contributed by atoms with Gasteiger partial charge in [-0.25, -0.2) is 0 Å². The number of hydrogen-bond donors (Lipinski definition) is 1. The first-order chi connectivity index (χ1) is 17.0. The van der Waals surface area contributed by atoms with Crippen molar-refractivity contribution in [1.82, 2.24) is 5.16 Å². The van der Waals surface area contributed by atoms with Crippen LogP contribution in [0.1, 0.15) is 32.6 Å². The zero-order valence-electron chi connectivity index (χ0n) is 18.3. The Balaban J connectivity index is 1.41. The van der Waals surface area contributed by atoms with Gasteiger partial charge in [0, 0.05) is 22.4 Å². The van der Waals surface area contributed by atoms with E-state index >= 15 is 0 Å². The number of fused-ring (bicyclic) bond motifs is 3. The molecule has 1 heterocycles. The van der Waals surface area contributed by atoms with Crippen LogP contribution in [0.25, 0.3) is 22.6 Å². The van der Waals surface area contributed by atoms with Crippen molar-refractivity contribution in [3.05, 3.63) is 94.5 Å². The fraction of sp³-hybridized carbons (Fsp3) is 0.154. The lowest BCUT2D eigenvalue weighted by Gasteiger charge is -2.16. The van der Waals surface area contributed by atoms with Crippen LogP contribution in [0.3, 0.4) is 0 Å². The largest absolute Gasteiger partial charge is 0.417 e. The molecule has 0 unspecified atom stereocenters. The van der Waals surface area contributed by atoms with Crippen molar-refractivity contribution in [2.24, 2.45) is 0 Å². The van der Waals surface area contributed by atoms with Crippen molar-refractivity contribution < 1.29 is 35.7 Å². The van der Waals surface area contributed by atoms with E-state index in [1.807, 2.05) is 24.3 Å². The van der Waals surface area contributed by atoms with E-state index in [9.17, 15) is 31.1 Å². The van der Waals surface area contributed by atoms with E-state index < -0.39 is 35.0 Å². The summed E-state index contributed by atoms with van der Waals surface area (Å²) >= 11 is 0. The highest BCUT2D eigenvalue weighted by Crippen LogP contribution is 2.39. The number of nitrogens with one attached hydrogen (secondary N) is 1. The van der Waals surface area contributed by atoms with Crippen LogP contribution in [-0.2, 0) is 25.2 Å². The molecule has 1 aliphatic rings. The molecule has 0 saturated carbocycles. The van der Waals surface area contributed by atoms with E-state index in [2.05, 4.69) is 10.5 Å². The van der Waals surface area contributed by atoms with Gasteiger partial charge in [0.25, 0.3) is 5.91 Å². The topological polar surface area (TPSA) is 55.1 Å². The molecular weight excluding hydrogens is 486 g/mol. The average Bonchev–Trinajstić information content (AvgIpc) is 3.28. The molecule has 10 heteroatoms. The van der Waals surface area contributed by atoms with Crippen LogP contribution in [-0.4, -0.2) is 11.1 Å². The molecule has 184 valence electrons. The first kappa shape index (κ1) is 23.7. The van der Waals surface area contributed by atoms with Crippen molar-refractivity contribution in [3.63, 3.8) is 0 Å². The summed E-state index contributed by atoms with van der Waals surface area (Å²) in [6.07, 6.45) is -8.40. The maximum atomic E-state index is 13.3. The molecule has 0 fully saturated rings. The van der Waals surface area contributed by atoms with Crippen molar-refractivity contribution in [2.75, 3.05) is 5.32 Å². The number of aryl methyl sites for hydroxylation is 1. The van der Waals surface area contributed by atoms with Crippen LogP contribution >= 0.6 is 0 Å². The Morgan fingerprint density at radius 3 is 2.28 bits per heavy atom. The summed E-state index contributed by atoms with van der Waals surface area (Å²) < 4.78 is 84.7. The van der Waals surface area contributed by atoms with Gasteiger partial charge < -0.3 is 9.84 Å². The molecule has 0 spiro atoms. The zero-order chi connectivity index (χ0) is 25.7. The number of benzene rings is 3. The summed E-state index contributed by atoms with van der Waals surface area (Å²) in [5.74, 6) is -0.774. The molecule has 1 amide bonds. The number of nitrogens with zero attached hydrogens (tertiary/aromatic N) is 1. The van der Waals surface area contributed by atoms with E-state index in [0.29, 0.717) is 23.8 Å². The average molecular weight is 502 g/mol. The second-order valence-electron chi connectivity index (χ2n) is 8.28. The molecule has 0 saturated heterocycles. The Hall–Kier alpha value is -4.08. The number of hydrogen-bond acceptors (Lipinski definition) is 3. The number of anilines is 1. The molecule has 1 aliphatic carbocycles. The molecule has 0 atom stereocenters. The quantitative estimate of drug-likeness (QED) is 0.297. The minimum Gasteiger partial charge on any atom is -0.355 e. The zero-order valence-corrected chi connectivity index (χ0v) is 18.3. The van der Waals surface area contributed by atoms with Crippen LogP contribution in [0.4, 0.5) is 32.0 Å². The predicted octanol–water partition coefficient (Wildman–Crippen LogP) is 7.40. The normalized spacial score (nSPS) is 13.2. The molecule has 0 bridgehead atoms. The number of aromatic nitrogens is 1. The molecule has 0 radical (unpaired) electrons. The second-order valence-corrected chi connectivity index (χ2v) is 8.28. The monoisotopic (exact) mass is 502 g/mol. The van der Waals surface area contributed by atoms with Crippen molar-refractivity contribution >= 4 is 11.6 Å². The highest BCUT2D eigenvalue weighted by atomic mass is 19.4. The molecule has 4 nitrogen and oxygen atoms in total. The van der Waals surface area contributed by atoms with Gasteiger partial charge in [-0.2, -0.15) is 26.3 Å². The van der Waals surface area contributed by atoms with Gasteiger partial charge in [0.2, 0.25) is 0 Å². The molecule has 4 aromatic rings. The molecular formula is C26H16F6N2O2. The van der Waals surface area contributed by atoms with Gasteiger partial charge >= 0.3 is 12.4 Å². The number of carbonyl (C=O) groups excluding carboxylic acids is 1. The summed E-state index contributed by atoms with van der Waals surface area (Å²) in [4.78, 5) is 12.6. The lowest BCUT2D eigenvalue weighted by molar-refractivity contribution is -0.141. The summed E-state index contributed by atoms with van der Waals surface area (Å²) in [6.45, 7) is 0. The number of amides is 1. The Morgan fingerprint density at radius 1 is 0.861 bits per heavy atom. The third kappa shape index (κ3) is 4.34. The Labute approximate surface area is 200 Å². The predicted molar refractivity (Wildman–Crippen MR) is 119 cm³/mol. The van der Waals surface area contributed by atoms with Gasteiger partial charge in [0.05, 0.1) is 16.7 Å². The van der Waals surface area contributed by atoms with E-state index in [0.717, 1.165) is 28.8 Å². The maximum absolute atomic E-state index is 13.3. The number of halogens is 6.